The number of benzene rings is 2. The second-order valence-corrected chi connectivity index (χ2v) is 5.59. The van der Waals surface area contributed by atoms with Crippen molar-refractivity contribution in [2.24, 2.45) is 0 Å². The van der Waals surface area contributed by atoms with Gasteiger partial charge in [-0.15, -0.1) is 0 Å². The molecule has 0 aliphatic carbocycles. The number of ether oxygens (including phenoxy) is 1. The predicted octanol–water partition coefficient (Wildman–Crippen LogP) is 2.83. The standard InChI is InChI=1S/C19H19NO3/c21-18(14-7-2-1-3-8-14)16-10-4-5-11-17(16)19(22)20-13-15-9-6-12-23-15/h1-5,7-8,10-11,15H,6,9,12-13H2,(H,20,22)/t15-/m1/s1. The normalized spacial score (nSPS) is 17.0. The molecule has 118 valence electrons. The molecule has 0 bridgehead atoms. The van der Waals surface area contributed by atoms with E-state index in [0.29, 0.717) is 23.2 Å². The molecule has 1 saturated heterocycles. The van der Waals surface area contributed by atoms with Crippen molar-refractivity contribution in [2.45, 2.75) is 18.9 Å². The lowest BCUT2D eigenvalue weighted by Crippen LogP contribution is -2.32. The number of ketones is 1. The van der Waals surface area contributed by atoms with Crippen molar-refractivity contribution in [2.75, 3.05) is 13.2 Å². The third-order valence-corrected chi connectivity index (χ3v) is 3.97. The number of hydrogen-bond acceptors (Lipinski definition) is 3. The van der Waals surface area contributed by atoms with Crippen molar-refractivity contribution >= 4 is 11.7 Å². The Hall–Kier alpha value is -2.46. The molecule has 0 aromatic heterocycles. The first-order chi connectivity index (χ1) is 11.3. The van der Waals surface area contributed by atoms with Gasteiger partial charge < -0.3 is 10.1 Å². The summed E-state index contributed by atoms with van der Waals surface area (Å²) in [7, 11) is 0. The first-order valence-corrected chi connectivity index (χ1v) is 7.84. The van der Waals surface area contributed by atoms with E-state index in [1.165, 1.54) is 0 Å². The molecule has 1 fully saturated rings. The molecule has 1 N–H and O–H groups in total. The SMILES string of the molecule is O=C(NC[C@H]1CCCO1)c1ccccc1C(=O)c1ccccc1. The number of amides is 1. The van der Waals surface area contributed by atoms with Crippen LogP contribution in [-0.2, 0) is 4.74 Å². The van der Waals surface area contributed by atoms with Gasteiger partial charge in [0.2, 0.25) is 0 Å². The van der Waals surface area contributed by atoms with Crippen LogP contribution in [0.5, 0.6) is 0 Å². The molecule has 1 aliphatic heterocycles. The average Bonchev–Trinajstić information content (AvgIpc) is 3.13. The van der Waals surface area contributed by atoms with Gasteiger partial charge in [-0.2, -0.15) is 0 Å². The van der Waals surface area contributed by atoms with Gasteiger partial charge in [-0.25, -0.2) is 0 Å². The van der Waals surface area contributed by atoms with Gasteiger partial charge in [0.05, 0.1) is 11.7 Å². The van der Waals surface area contributed by atoms with E-state index in [2.05, 4.69) is 5.32 Å². The molecule has 4 heteroatoms. The lowest BCUT2D eigenvalue weighted by molar-refractivity contribution is 0.0853. The molecule has 1 aliphatic rings. The molecule has 4 nitrogen and oxygen atoms in total. The molecule has 1 heterocycles. The number of carbonyl (C=O) groups is 2. The lowest BCUT2D eigenvalue weighted by atomic mass is 9.98. The fourth-order valence-corrected chi connectivity index (χ4v) is 2.73. The highest BCUT2D eigenvalue weighted by Crippen LogP contribution is 2.15. The number of hydrogen-bond donors (Lipinski definition) is 1. The molecule has 2 aromatic rings. The first kappa shape index (κ1) is 15.4. The molecule has 0 unspecified atom stereocenters. The predicted molar refractivity (Wildman–Crippen MR) is 87.6 cm³/mol. The maximum absolute atomic E-state index is 12.6. The van der Waals surface area contributed by atoms with E-state index in [-0.39, 0.29) is 17.8 Å². The summed E-state index contributed by atoms with van der Waals surface area (Å²) < 4.78 is 5.50. The van der Waals surface area contributed by atoms with Gasteiger partial charge in [-0.3, -0.25) is 9.59 Å². The second-order valence-electron chi connectivity index (χ2n) is 5.59. The fraction of sp³-hybridized carbons (Fsp3) is 0.263. The molecule has 1 atom stereocenters. The molecule has 0 saturated carbocycles. The molecule has 2 aromatic carbocycles. The quantitative estimate of drug-likeness (QED) is 0.864. The molecular formula is C19H19NO3. The summed E-state index contributed by atoms with van der Waals surface area (Å²) in [6.07, 6.45) is 2.07. The van der Waals surface area contributed by atoms with E-state index in [1.807, 2.05) is 18.2 Å². The second kappa shape index (κ2) is 7.20. The lowest BCUT2D eigenvalue weighted by Gasteiger charge is -2.12. The molecular weight excluding hydrogens is 290 g/mol. The van der Waals surface area contributed by atoms with Gasteiger partial charge in [0.15, 0.2) is 5.78 Å². The third kappa shape index (κ3) is 3.66. The smallest absolute Gasteiger partial charge is 0.252 e. The number of carbonyl (C=O) groups excluding carboxylic acids is 2. The van der Waals surface area contributed by atoms with Gasteiger partial charge in [0.25, 0.3) is 5.91 Å². The van der Waals surface area contributed by atoms with Crippen LogP contribution in [-0.4, -0.2) is 30.9 Å². The van der Waals surface area contributed by atoms with E-state index in [0.717, 1.165) is 19.4 Å². The van der Waals surface area contributed by atoms with E-state index < -0.39 is 0 Å². The van der Waals surface area contributed by atoms with Gasteiger partial charge in [0.1, 0.15) is 0 Å². The summed E-state index contributed by atoms with van der Waals surface area (Å²) in [4.78, 5) is 25.1. The molecule has 0 spiro atoms. The summed E-state index contributed by atoms with van der Waals surface area (Å²) >= 11 is 0. The van der Waals surface area contributed by atoms with Crippen LogP contribution in [0.1, 0.15) is 39.1 Å². The maximum atomic E-state index is 12.6. The highest BCUT2D eigenvalue weighted by Gasteiger charge is 2.20. The Morgan fingerprint density at radius 2 is 1.70 bits per heavy atom. The van der Waals surface area contributed by atoms with Gasteiger partial charge >= 0.3 is 0 Å². The van der Waals surface area contributed by atoms with Crippen molar-refractivity contribution in [3.8, 4) is 0 Å². The fourth-order valence-electron chi connectivity index (χ4n) is 2.73. The Labute approximate surface area is 135 Å². The Bertz CT molecular complexity index is 691. The Balaban J connectivity index is 1.77. The maximum Gasteiger partial charge on any atom is 0.252 e. The van der Waals surface area contributed by atoms with Crippen LogP contribution in [0.15, 0.2) is 54.6 Å². The van der Waals surface area contributed by atoms with E-state index in [9.17, 15) is 9.59 Å². The van der Waals surface area contributed by atoms with Crippen molar-refractivity contribution < 1.29 is 14.3 Å². The minimum Gasteiger partial charge on any atom is -0.376 e. The highest BCUT2D eigenvalue weighted by atomic mass is 16.5. The van der Waals surface area contributed by atoms with Gasteiger partial charge in [0, 0.05) is 24.3 Å². The van der Waals surface area contributed by atoms with Crippen LogP contribution in [0.2, 0.25) is 0 Å². The largest absolute Gasteiger partial charge is 0.376 e. The molecule has 1 amide bonds. The van der Waals surface area contributed by atoms with Crippen LogP contribution < -0.4 is 5.32 Å². The van der Waals surface area contributed by atoms with Crippen LogP contribution in [0.4, 0.5) is 0 Å². The van der Waals surface area contributed by atoms with Crippen molar-refractivity contribution in [1.82, 2.24) is 5.32 Å². The summed E-state index contributed by atoms with van der Waals surface area (Å²) in [6, 6.07) is 15.9. The minimum absolute atomic E-state index is 0.0796. The molecule has 23 heavy (non-hydrogen) atoms. The zero-order valence-electron chi connectivity index (χ0n) is 12.8. The number of nitrogens with one attached hydrogen (secondary N) is 1. The van der Waals surface area contributed by atoms with Crippen LogP contribution in [0.3, 0.4) is 0 Å². The van der Waals surface area contributed by atoms with Gasteiger partial charge in [-0.05, 0) is 18.9 Å². The zero-order chi connectivity index (χ0) is 16.1. The third-order valence-electron chi connectivity index (χ3n) is 3.97. The molecule has 3 rings (SSSR count). The Kier molecular flexibility index (Phi) is 4.83. The zero-order valence-corrected chi connectivity index (χ0v) is 12.8. The Morgan fingerprint density at radius 3 is 2.39 bits per heavy atom. The molecule has 0 radical (unpaired) electrons. The minimum atomic E-state index is -0.236. The van der Waals surface area contributed by atoms with Crippen LogP contribution in [0, 0.1) is 0 Å². The van der Waals surface area contributed by atoms with Gasteiger partial charge in [-0.1, -0.05) is 48.5 Å². The van der Waals surface area contributed by atoms with E-state index >= 15 is 0 Å². The van der Waals surface area contributed by atoms with Crippen molar-refractivity contribution in [3.63, 3.8) is 0 Å². The summed E-state index contributed by atoms with van der Waals surface area (Å²) in [5.74, 6) is -0.381. The van der Waals surface area contributed by atoms with E-state index in [1.54, 1.807) is 36.4 Å². The Morgan fingerprint density at radius 1 is 1.00 bits per heavy atom. The van der Waals surface area contributed by atoms with E-state index in [4.69, 9.17) is 4.74 Å². The summed E-state index contributed by atoms with van der Waals surface area (Å²) in [6.45, 7) is 1.23. The van der Waals surface area contributed by atoms with Crippen molar-refractivity contribution in [1.29, 1.82) is 0 Å². The monoisotopic (exact) mass is 309 g/mol. The summed E-state index contributed by atoms with van der Waals surface area (Å²) in [5, 5.41) is 2.87. The first-order valence-electron chi connectivity index (χ1n) is 7.84. The van der Waals surface area contributed by atoms with Crippen LogP contribution >= 0.6 is 0 Å². The average molecular weight is 309 g/mol. The van der Waals surface area contributed by atoms with Crippen molar-refractivity contribution in [3.05, 3.63) is 71.3 Å². The highest BCUT2D eigenvalue weighted by molar-refractivity contribution is 6.15. The topological polar surface area (TPSA) is 55.4 Å². The van der Waals surface area contributed by atoms with Crippen LogP contribution in [0.25, 0.3) is 0 Å². The number of rotatable bonds is 5. The summed E-state index contributed by atoms with van der Waals surface area (Å²) in [5.41, 5.74) is 1.40.